The van der Waals surface area contributed by atoms with Gasteiger partial charge in [-0.25, -0.2) is 8.42 Å². The number of hydrogen-bond acceptors (Lipinski definition) is 2. The van der Waals surface area contributed by atoms with E-state index in [9.17, 15) is 8.42 Å². The zero-order chi connectivity index (χ0) is 6.78. The van der Waals surface area contributed by atoms with Gasteiger partial charge in [0.2, 0.25) is 0 Å². The van der Waals surface area contributed by atoms with Gasteiger partial charge in [0, 0.05) is 5.75 Å². The number of halogens is 1. The van der Waals surface area contributed by atoms with Gasteiger partial charge >= 0.3 is 0 Å². The Morgan fingerprint density at radius 2 is 2.00 bits per heavy atom. The lowest BCUT2D eigenvalue weighted by Crippen LogP contribution is -2.12. The third-order valence-corrected chi connectivity index (χ3v) is 5.02. The highest BCUT2D eigenvalue weighted by atomic mass is 127. The lowest BCUT2D eigenvalue weighted by atomic mass is 11.0. The van der Waals surface area contributed by atoms with Gasteiger partial charge in [-0.3, -0.25) is 0 Å². The van der Waals surface area contributed by atoms with Crippen LogP contribution < -0.4 is 0 Å². The number of hydrogen-bond donors (Lipinski definition) is 0. The van der Waals surface area contributed by atoms with E-state index in [2.05, 4.69) is 0 Å². The molecular formula is C4H9IO2S. The van der Waals surface area contributed by atoms with Crippen molar-refractivity contribution in [1.82, 2.24) is 0 Å². The second kappa shape index (κ2) is 3.00. The van der Waals surface area contributed by atoms with Crippen molar-refractivity contribution in [3.05, 3.63) is 0 Å². The Kier molecular flexibility index (Phi) is 3.26. The summed E-state index contributed by atoms with van der Waals surface area (Å²) in [6.45, 7) is 3.34. The molecule has 8 heavy (non-hydrogen) atoms. The molecule has 0 aromatic heterocycles. The second-order valence-corrected chi connectivity index (χ2v) is 6.82. The van der Waals surface area contributed by atoms with Gasteiger partial charge in [-0.1, -0.05) is 29.5 Å². The van der Waals surface area contributed by atoms with E-state index in [1.165, 1.54) is 0 Å². The van der Waals surface area contributed by atoms with Crippen molar-refractivity contribution in [3.63, 3.8) is 0 Å². The van der Waals surface area contributed by atoms with Crippen LogP contribution in [0.2, 0.25) is 0 Å². The van der Waals surface area contributed by atoms with Crippen LogP contribution in [0.25, 0.3) is 0 Å². The van der Waals surface area contributed by atoms with Crippen LogP contribution in [0, 0.1) is 0 Å². The first-order valence-electron chi connectivity index (χ1n) is 2.36. The summed E-state index contributed by atoms with van der Waals surface area (Å²) in [6.07, 6.45) is 0. The lowest BCUT2D eigenvalue weighted by molar-refractivity contribution is 0.597. The quantitative estimate of drug-likeness (QED) is 0.543. The van der Waals surface area contributed by atoms with Gasteiger partial charge < -0.3 is 0 Å². The first-order valence-corrected chi connectivity index (χ1v) is 5.32. The minimum Gasteiger partial charge on any atom is -0.228 e. The molecule has 0 spiro atoms. The van der Waals surface area contributed by atoms with Gasteiger partial charge in [-0.05, 0) is 6.92 Å². The fourth-order valence-electron chi connectivity index (χ4n) is 0.230. The van der Waals surface area contributed by atoms with Crippen molar-refractivity contribution in [2.45, 2.75) is 17.1 Å². The Labute approximate surface area is 63.7 Å². The average Bonchev–Trinajstić information content (AvgIpc) is 1.67. The Hall–Kier alpha value is 0.680. The van der Waals surface area contributed by atoms with Crippen LogP contribution in [0.4, 0.5) is 0 Å². The van der Waals surface area contributed by atoms with E-state index < -0.39 is 9.84 Å². The molecule has 0 N–H and O–H groups in total. The van der Waals surface area contributed by atoms with Crippen molar-refractivity contribution in [1.29, 1.82) is 0 Å². The normalized spacial score (nSPS) is 15.9. The van der Waals surface area contributed by atoms with E-state index in [4.69, 9.17) is 0 Å². The predicted molar refractivity (Wildman–Crippen MR) is 42.9 cm³/mol. The summed E-state index contributed by atoms with van der Waals surface area (Å²) in [4.78, 5) is 0. The van der Waals surface area contributed by atoms with E-state index in [0.717, 1.165) is 0 Å². The molecule has 0 aromatic carbocycles. The Morgan fingerprint density at radius 1 is 1.62 bits per heavy atom. The largest absolute Gasteiger partial charge is 0.228 e. The SMILES string of the molecule is CCS(=O)(=O)C(C)I. The molecule has 1 unspecified atom stereocenters. The van der Waals surface area contributed by atoms with Crippen LogP contribution in [-0.4, -0.2) is 17.4 Å². The van der Waals surface area contributed by atoms with Crippen LogP contribution in [0.3, 0.4) is 0 Å². The summed E-state index contributed by atoms with van der Waals surface area (Å²) in [5.74, 6) is 0.247. The maximum Gasteiger partial charge on any atom is 0.161 e. The summed E-state index contributed by atoms with van der Waals surface area (Å²) in [6, 6.07) is 0. The topological polar surface area (TPSA) is 34.1 Å². The molecule has 0 radical (unpaired) electrons. The Morgan fingerprint density at radius 3 is 2.00 bits per heavy atom. The van der Waals surface area contributed by atoms with E-state index >= 15 is 0 Å². The fraction of sp³-hybridized carbons (Fsp3) is 1.00. The lowest BCUT2D eigenvalue weighted by Gasteiger charge is -1.99. The molecular weight excluding hydrogens is 239 g/mol. The Bertz CT molecular complexity index is 147. The zero-order valence-corrected chi connectivity index (χ0v) is 7.86. The maximum atomic E-state index is 10.7. The van der Waals surface area contributed by atoms with E-state index in [1.807, 2.05) is 22.6 Å². The van der Waals surface area contributed by atoms with Crippen LogP contribution in [-0.2, 0) is 9.84 Å². The third-order valence-electron chi connectivity index (χ3n) is 0.897. The molecule has 0 saturated carbocycles. The molecule has 0 amide bonds. The second-order valence-electron chi connectivity index (χ2n) is 1.49. The summed E-state index contributed by atoms with van der Waals surface area (Å²) >= 11 is 1.90. The molecule has 0 aliphatic carbocycles. The molecule has 0 rings (SSSR count). The van der Waals surface area contributed by atoms with Crippen molar-refractivity contribution >= 4 is 32.4 Å². The molecule has 0 aromatic rings. The summed E-state index contributed by atoms with van der Waals surface area (Å²) in [5, 5.41) is 0. The van der Waals surface area contributed by atoms with Gasteiger partial charge in [0.25, 0.3) is 0 Å². The highest BCUT2D eigenvalue weighted by molar-refractivity contribution is 14.1. The highest BCUT2D eigenvalue weighted by Gasteiger charge is 2.13. The summed E-state index contributed by atoms with van der Waals surface area (Å²) < 4.78 is 21.1. The molecule has 0 heterocycles. The highest BCUT2D eigenvalue weighted by Crippen LogP contribution is 2.08. The molecule has 0 aliphatic rings. The monoisotopic (exact) mass is 248 g/mol. The predicted octanol–water partition coefficient (Wildman–Crippen LogP) is 1.20. The standard InChI is InChI=1S/C4H9IO2S/c1-3-8(6,7)4(2)5/h4H,3H2,1-2H3. The number of alkyl halides is 1. The van der Waals surface area contributed by atoms with Crippen molar-refractivity contribution in [3.8, 4) is 0 Å². The van der Waals surface area contributed by atoms with E-state index in [1.54, 1.807) is 13.8 Å². The van der Waals surface area contributed by atoms with Crippen molar-refractivity contribution < 1.29 is 8.42 Å². The Balaban J connectivity index is 4.17. The van der Waals surface area contributed by atoms with Crippen molar-refractivity contribution in [2.75, 3.05) is 5.75 Å². The smallest absolute Gasteiger partial charge is 0.161 e. The molecule has 2 nitrogen and oxygen atoms in total. The first-order chi connectivity index (χ1) is 3.50. The molecule has 1 atom stereocenters. The molecule has 0 fully saturated rings. The molecule has 0 saturated heterocycles. The van der Waals surface area contributed by atoms with Crippen LogP contribution in [0.15, 0.2) is 0 Å². The van der Waals surface area contributed by atoms with Gasteiger partial charge in [-0.2, -0.15) is 0 Å². The van der Waals surface area contributed by atoms with Gasteiger partial charge in [-0.15, -0.1) is 0 Å². The van der Waals surface area contributed by atoms with E-state index in [-0.39, 0.29) is 9.01 Å². The number of sulfone groups is 1. The molecule has 0 bridgehead atoms. The molecule has 4 heteroatoms. The zero-order valence-electron chi connectivity index (χ0n) is 4.89. The minimum absolute atomic E-state index is 0.245. The van der Waals surface area contributed by atoms with Crippen LogP contribution in [0.1, 0.15) is 13.8 Å². The first kappa shape index (κ1) is 8.68. The molecule has 0 aliphatic heterocycles. The molecule has 50 valence electrons. The third kappa shape index (κ3) is 2.30. The summed E-state index contributed by atoms with van der Waals surface area (Å²) in [5.41, 5.74) is 0. The van der Waals surface area contributed by atoms with E-state index in [0.29, 0.717) is 0 Å². The minimum atomic E-state index is -2.75. The van der Waals surface area contributed by atoms with Gasteiger partial charge in [0.1, 0.15) is 3.26 Å². The van der Waals surface area contributed by atoms with Gasteiger partial charge in [0.05, 0.1) is 0 Å². The number of rotatable bonds is 2. The summed E-state index contributed by atoms with van der Waals surface area (Å²) in [7, 11) is -2.75. The van der Waals surface area contributed by atoms with Crippen molar-refractivity contribution in [2.24, 2.45) is 0 Å². The van der Waals surface area contributed by atoms with Crippen LogP contribution in [0.5, 0.6) is 0 Å². The average molecular weight is 248 g/mol. The van der Waals surface area contributed by atoms with Gasteiger partial charge in [0.15, 0.2) is 9.84 Å². The maximum absolute atomic E-state index is 10.7. The van der Waals surface area contributed by atoms with Crippen LogP contribution >= 0.6 is 22.6 Å². The fourth-order valence-corrected chi connectivity index (χ4v) is 1.77.